The summed E-state index contributed by atoms with van der Waals surface area (Å²) < 4.78 is 28.2. The fourth-order valence-electron chi connectivity index (χ4n) is 4.24. The van der Waals surface area contributed by atoms with Gasteiger partial charge in [0.05, 0.1) is 4.90 Å². The molecule has 0 aromatic heterocycles. The van der Waals surface area contributed by atoms with Crippen LogP contribution in [0.25, 0.3) is 0 Å². The highest BCUT2D eigenvalue weighted by Gasteiger charge is 2.17. The Kier molecular flexibility index (Phi) is 8.32. The molecule has 7 heteroatoms. The molecule has 0 aliphatic carbocycles. The molecule has 174 valence electrons. The van der Waals surface area contributed by atoms with Gasteiger partial charge in [0, 0.05) is 37.9 Å². The van der Waals surface area contributed by atoms with E-state index in [1.165, 1.54) is 43.9 Å². The molecule has 2 N–H and O–H groups in total. The van der Waals surface area contributed by atoms with Gasteiger partial charge in [-0.25, -0.2) is 13.1 Å². The van der Waals surface area contributed by atoms with E-state index in [2.05, 4.69) is 39.2 Å². The Morgan fingerprint density at radius 2 is 1.56 bits per heavy atom. The van der Waals surface area contributed by atoms with Gasteiger partial charge in [-0.1, -0.05) is 25.0 Å². The molecule has 2 aromatic carbocycles. The molecule has 0 saturated carbocycles. The molecule has 2 aromatic rings. The fourth-order valence-corrected chi connectivity index (χ4v) is 5.48. The molecule has 0 spiro atoms. The summed E-state index contributed by atoms with van der Waals surface area (Å²) in [4.78, 5) is 14.0. The van der Waals surface area contributed by atoms with Gasteiger partial charge in [0.2, 0.25) is 15.9 Å². The van der Waals surface area contributed by atoms with Crippen LogP contribution in [0.2, 0.25) is 0 Å². The van der Waals surface area contributed by atoms with E-state index >= 15 is 0 Å². The zero-order chi connectivity index (χ0) is 23.1. The van der Waals surface area contributed by atoms with Gasteiger partial charge in [-0.15, -0.1) is 0 Å². The van der Waals surface area contributed by atoms with Crippen molar-refractivity contribution in [3.8, 4) is 0 Å². The second kappa shape index (κ2) is 11.0. The Morgan fingerprint density at radius 1 is 0.969 bits per heavy atom. The van der Waals surface area contributed by atoms with Crippen molar-refractivity contribution in [2.75, 3.05) is 29.9 Å². The molecule has 1 amide bonds. The normalized spacial score (nSPS) is 14.8. The quantitative estimate of drug-likeness (QED) is 0.570. The maximum Gasteiger partial charge on any atom is 0.240 e. The summed E-state index contributed by atoms with van der Waals surface area (Å²) in [5, 5.41) is 2.76. The number of rotatable bonds is 8. The average Bonchev–Trinajstić information content (AvgIpc) is 3.03. The van der Waals surface area contributed by atoms with Crippen molar-refractivity contribution >= 4 is 27.3 Å². The highest BCUT2D eigenvalue weighted by molar-refractivity contribution is 7.89. The number of hydrogen-bond donors (Lipinski definition) is 2. The van der Waals surface area contributed by atoms with Crippen LogP contribution in [0, 0.1) is 13.8 Å². The van der Waals surface area contributed by atoms with Gasteiger partial charge >= 0.3 is 0 Å². The van der Waals surface area contributed by atoms with Gasteiger partial charge < -0.3 is 10.2 Å². The number of carbonyl (C=O) groups is 1. The number of nitrogens with zero attached hydrogens (tertiary/aromatic N) is 1. The molecule has 0 unspecified atom stereocenters. The van der Waals surface area contributed by atoms with Gasteiger partial charge in [-0.05, 0) is 80.5 Å². The molecule has 1 aliphatic rings. The summed E-state index contributed by atoms with van der Waals surface area (Å²) in [6, 6.07) is 11.9. The van der Waals surface area contributed by atoms with Crippen LogP contribution in [0.4, 0.5) is 11.4 Å². The zero-order valence-electron chi connectivity index (χ0n) is 19.4. The number of amides is 1. The van der Waals surface area contributed by atoms with Crippen molar-refractivity contribution in [2.45, 2.75) is 64.2 Å². The van der Waals surface area contributed by atoms with Crippen LogP contribution in [0.15, 0.2) is 41.3 Å². The minimum Gasteiger partial charge on any atom is -0.372 e. The maximum atomic E-state index is 12.7. The molecule has 6 nitrogen and oxygen atoms in total. The molecular formula is C25H35N3O3S. The highest BCUT2D eigenvalue weighted by atomic mass is 32.2. The highest BCUT2D eigenvalue weighted by Crippen LogP contribution is 2.25. The number of benzene rings is 2. The first-order valence-corrected chi connectivity index (χ1v) is 13.0. The van der Waals surface area contributed by atoms with E-state index in [0.717, 1.165) is 37.1 Å². The van der Waals surface area contributed by atoms with Crippen molar-refractivity contribution in [3.05, 3.63) is 53.1 Å². The van der Waals surface area contributed by atoms with Gasteiger partial charge in [-0.2, -0.15) is 0 Å². The van der Waals surface area contributed by atoms with Crippen molar-refractivity contribution in [1.82, 2.24) is 4.72 Å². The van der Waals surface area contributed by atoms with E-state index in [9.17, 15) is 13.2 Å². The fraction of sp³-hybridized carbons (Fsp3) is 0.480. The first-order chi connectivity index (χ1) is 15.3. The lowest BCUT2D eigenvalue weighted by molar-refractivity contribution is -0.114. The maximum absolute atomic E-state index is 12.7. The molecule has 3 rings (SSSR count). The number of carbonyl (C=O) groups excluding carboxylic acids is 1. The summed E-state index contributed by atoms with van der Waals surface area (Å²) >= 11 is 0. The Balaban J connectivity index is 1.53. The van der Waals surface area contributed by atoms with Crippen molar-refractivity contribution in [2.24, 2.45) is 0 Å². The molecule has 1 aliphatic heterocycles. The standard InChI is InChI=1S/C25H35N3O3S/c1-19-17-24(18-20(2)25(19)27-21(3)29)32(30,31)26-14-8-9-22-10-12-23(13-11-22)28-15-6-4-5-7-16-28/h10-13,17-18,26H,4-9,14-16H2,1-3H3,(H,27,29). The Hall–Kier alpha value is -2.38. The zero-order valence-corrected chi connectivity index (χ0v) is 20.2. The predicted octanol–water partition coefficient (Wildman–Crippen LogP) is 4.55. The first kappa shape index (κ1) is 24.3. The molecule has 1 heterocycles. The molecule has 1 saturated heterocycles. The van der Waals surface area contributed by atoms with Crippen LogP contribution in [-0.2, 0) is 21.2 Å². The van der Waals surface area contributed by atoms with Crippen LogP contribution < -0.4 is 14.9 Å². The van der Waals surface area contributed by atoms with Gasteiger partial charge in [0.15, 0.2) is 0 Å². The van der Waals surface area contributed by atoms with Crippen molar-refractivity contribution < 1.29 is 13.2 Å². The topological polar surface area (TPSA) is 78.5 Å². The predicted molar refractivity (Wildman–Crippen MR) is 131 cm³/mol. The van der Waals surface area contributed by atoms with E-state index < -0.39 is 10.0 Å². The van der Waals surface area contributed by atoms with Gasteiger partial charge in [0.1, 0.15) is 0 Å². The first-order valence-electron chi connectivity index (χ1n) is 11.5. The lowest BCUT2D eigenvalue weighted by Gasteiger charge is -2.22. The summed E-state index contributed by atoms with van der Waals surface area (Å²) in [6.45, 7) is 7.67. The Bertz CT molecular complexity index is 1000. The second-order valence-electron chi connectivity index (χ2n) is 8.68. The number of anilines is 2. The summed E-state index contributed by atoms with van der Waals surface area (Å²) in [5.74, 6) is -0.176. The third kappa shape index (κ3) is 6.56. The van der Waals surface area contributed by atoms with E-state index in [1.54, 1.807) is 26.0 Å². The third-order valence-electron chi connectivity index (χ3n) is 5.96. The van der Waals surface area contributed by atoms with E-state index in [4.69, 9.17) is 0 Å². The third-order valence-corrected chi connectivity index (χ3v) is 7.40. The summed E-state index contributed by atoms with van der Waals surface area (Å²) in [7, 11) is -3.60. The van der Waals surface area contributed by atoms with Crippen molar-refractivity contribution in [1.29, 1.82) is 0 Å². The average molecular weight is 458 g/mol. The van der Waals surface area contributed by atoms with Crippen LogP contribution in [0.5, 0.6) is 0 Å². The lowest BCUT2D eigenvalue weighted by atomic mass is 10.1. The molecule has 32 heavy (non-hydrogen) atoms. The molecule has 1 fully saturated rings. The van der Waals surface area contributed by atoms with E-state index in [1.807, 2.05) is 0 Å². The Morgan fingerprint density at radius 3 is 2.12 bits per heavy atom. The second-order valence-corrected chi connectivity index (χ2v) is 10.4. The smallest absolute Gasteiger partial charge is 0.240 e. The monoisotopic (exact) mass is 457 g/mol. The molecule has 0 bridgehead atoms. The van der Waals surface area contributed by atoms with E-state index in [-0.39, 0.29) is 10.8 Å². The number of aryl methyl sites for hydroxylation is 3. The molecule has 0 atom stereocenters. The van der Waals surface area contributed by atoms with Gasteiger partial charge in [0.25, 0.3) is 0 Å². The van der Waals surface area contributed by atoms with Crippen LogP contribution in [0.3, 0.4) is 0 Å². The summed E-state index contributed by atoms with van der Waals surface area (Å²) in [6.07, 6.45) is 6.71. The lowest BCUT2D eigenvalue weighted by Crippen LogP contribution is -2.25. The number of sulfonamides is 1. The SMILES string of the molecule is CC(=O)Nc1c(C)cc(S(=O)(=O)NCCCc2ccc(N3CCCCCC3)cc2)cc1C. The largest absolute Gasteiger partial charge is 0.372 e. The van der Waals surface area contributed by atoms with Gasteiger partial charge in [-0.3, -0.25) is 4.79 Å². The molecule has 0 radical (unpaired) electrons. The molecular weight excluding hydrogens is 422 g/mol. The summed E-state index contributed by atoms with van der Waals surface area (Å²) in [5.41, 5.74) is 4.62. The number of hydrogen-bond acceptors (Lipinski definition) is 4. The number of nitrogens with one attached hydrogen (secondary N) is 2. The van der Waals surface area contributed by atoms with Crippen LogP contribution in [-0.4, -0.2) is 34.0 Å². The van der Waals surface area contributed by atoms with Crippen LogP contribution >= 0.6 is 0 Å². The van der Waals surface area contributed by atoms with Crippen molar-refractivity contribution in [3.63, 3.8) is 0 Å². The minimum absolute atomic E-state index is 0.176. The van der Waals surface area contributed by atoms with Crippen LogP contribution in [0.1, 0.15) is 55.7 Å². The minimum atomic E-state index is -3.60. The van der Waals surface area contributed by atoms with E-state index in [0.29, 0.717) is 12.2 Å². The Labute approximate surface area is 192 Å².